The van der Waals surface area contributed by atoms with Gasteiger partial charge in [0.1, 0.15) is 5.82 Å². The molecule has 2 aromatic rings. The molecule has 6 nitrogen and oxygen atoms in total. The average molecular weight is 234 g/mol. The average Bonchev–Trinajstić information content (AvgIpc) is 2.96. The minimum absolute atomic E-state index is 0.232. The highest BCUT2D eigenvalue weighted by Gasteiger charge is 2.13. The van der Waals surface area contributed by atoms with Gasteiger partial charge in [0.15, 0.2) is 0 Å². The van der Waals surface area contributed by atoms with E-state index < -0.39 is 0 Å². The van der Waals surface area contributed by atoms with Gasteiger partial charge in [-0.25, -0.2) is 4.98 Å². The summed E-state index contributed by atoms with van der Waals surface area (Å²) < 4.78 is 2.05. The summed E-state index contributed by atoms with van der Waals surface area (Å²) in [5, 5.41) is 14.0. The second-order valence-corrected chi connectivity index (χ2v) is 4.00. The van der Waals surface area contributed by atoms with Crippen LogP contribution in [0.15, 0.2) is 18.6 Å². The summed E-state index contributed by atoms with van der Waals surface area (Å²) in [7, 11) is 2.01. The summed E-state index contributed by atoms with van der Waals surface area (Å²) in [5.41, 5.74) is 0.959. The highest BCUT2D eigenvalue weighted by atomic mass is 15.3. The molecule has 0 saturated carbocycles. The van der Waals surface area contributed by atoms with E-state index in [9.17, 15) is 0 Å². The molecule has 0 aliphatic rings. The number of rotatable bonds is 6. The van der Waals surface area contributed by atoms with Crippen LogP contribution in [0.5, 0.6) is 0 Å². The lowest BCUT2D eigenvalue weighted by molar-refractivity contribution is 0.494. The number of nitrogens with zero attached hydrogens (tertiary/aromatic N) is 4. The van der Waals surface area contributed by atoms with Gasteiger partial charge < -0.3 is 9.88 Å². The van der Waals surface area contributed by atoms with Crippen molar-refractivity contribution in [3.63, 3.8) is 0 Å². The van der Waals surface area contributed by atoms with Crippen molar-refractivity contribution >= 4 is 0 Å². The fourth-order valence-corrected chi connectivity index (χ4v) is 1.89. The number of imidazole rings is 1. The Balaban J connectivity index is 1.97. The summed E-state index contributed by atoms with van der Waals surface area (Å²) >= 11 is 0. The number of H-pyrrole nitrogens is 1. The van der Waals surface area contributed by atoms with Crippen LogP contribution in [0.25, 0.3) is 0 Å². The smallest absolute Gasteiger partial charge is 0.108 e. The van der Waals surface area contributed by atoms with Gasteiger partial charge >= 0.3 is 0 Å². The standard InChI is InChI=1S/C11H18N6/c1-3-12-9(10-8-14-16-15-10)4-5-11-13-6-7-17(11)2/h6-9,12H,3-5H2,1-2H3,(H,14,15,16). The molecule has 2 N–H and O–H groups in total. The third-order valence-corrected chi connectivity index (χ3v) is 2.82. The van der Waals surface area contributed by atoms with Crippen molar-refractivity contribution in [3.05, 3.63) is 30.1 Å². The van der Waals surface area contributed by atoms with Crippen LogP contribution in [-0.4, -0.2) is 31.5 Å². The molecule has 0 bridgehead atoms. The second kappa shape index (κ2) is 5.58. The van der Waals surface area contributed by atoms with E-state index in [-0.39, 0.29) is 6.04 Å². The first-order chi connectivity index (χ1) is 8.31. The van der Waals surface area contributed by atoms with E-state index in [1.807, 2.05) is 24.0 Å². The van der Waals surface area contributed by atoms with Crippen LogP contribution in [0.1, 0.15) is 30.9 Å². The molecule has 0 saturated heterocycles. The van der Waals surface area contributed by atoms with E-state index in [1.165, 1.54) is 0 Å². The molecule has 0 aromatic carbocycles. The SMILES string of the molecule is CCNC(CCc1nccn1C)c1cn[nH]n1. The molecule has 92 valence electrons. The minimum Gasteiger partial charge on any atom is -0.338 e. The molecule has 17 heavy (non-hydrogen) atoms. The van der Waals surface area contributed by atoms with Crippen molar-refractivity contribution in [1.82, 2.24) is 30.3 Å². The first kappa shape index (κ1) is 11.8. The highest BCUT2D eigenvalue weighted by Crippen LogP contribution is 2.15. The van der Waals surface area contributed by atoms with Crippen LogP contribution < -0.4 is 5.32 Å². The van der Waals surface area contributed by atoms with E-state index in [1.54, 1.807) is 6.20 Å². The van der Waals surface area contributed by atoms with Crippen LogP contribution in [-0.2, 0) is 13.5 Å². The lowest BCUT2D eigenvalue weighted by Gasteiger charge is -2.14. The van der Waals surface area contributed by atoms with E-state index >= 15 is 0 Å². The number of hydrogen-bond acceptors (Lipinski definition) is 4. The quantitative estimate of drug-likeness (QED) is 0.776. The predicted octanol–water partition coefficient (Wildman–Crippen LogP) is 0.822. The Bertz CT molecular complexity index is 433. The largest absolute Gasteiger partial charge is 0.338 e. The zero-order valence-corrected chi connectivity index (χ0v) is 10.2. The zero-order chi connectivity index (χ0) is 12.1. The fourth-order valence-electron chi connectivity index (χ4n) is 1.89. The molecule has 0 amide bonds. The Kier molecular flexibility index (Phi) is 3.87. The normalized spacial score (nSPS) is 12.8. The molecule has 1 unspecified atom stereocenters. The van der Waals surface area contributed by atoms with E-state index in [4.69, 9.17) is 0 Å². The Hall–Kier alpha value is -1.69. The van der Waals surface area contributed by atoms with Gasteiger partial charge in [-0.05, 0) is 13.0 Å². The van der Waals surface area contributed by atoms with Gasteiger partial charge in [0.2, 0.25) is 0 Å². The molecular formula is C11H18N6. The molecule has 6 heteroatoms. The van der Waals surface area contributed by atoms with Gasteiger partial charge in [-0.15, -0.1) is 0 Å². The van der Waals surface area contributed by atoms with Gasteiger partial charge in [-0.1, -0.05) is 6.92 Å². The topological polar surface area (TPSA) is 71.4 Å². The molecular weight excluding hydrogens is 216 g/mol. The fraction of sp³-hybridized carbons (Fsp3) is 0.545. The van der Waals surface area contributed by atoms with Crippen LogP contribution >= 0.6 is 0 Å². The van der Waals surface area contributed by atoms with Gasteiger partial charge in [0.25, 0.3) is 0 Å². The maximum atomic E-state index is 4.32. The Morgan fingerprint density at radius 3 is 3.00 bits per heavy atom. The van der Waals surface area contributed by atoms with Crippen molar-refractivity contribution in [2.45, 2.75) is 25.8 Å². The third kappa shape index (κ3) is 2.91. The molecule has 2 heterocycles. The Morgan fingerprint density at radius 2 is 2.41 bits per heavy atom. The monoisotopic (exact) mass is 234 g/mol. The van der Waals surface area contributed by atoms with Crippen LogP contribution in [0.2, 0.25) is 0 Å². The highest BCUT2D eigenvalue weighted by molar-refractivity contribution is 5.01. The van der Waals surface area contributed by atoms with E-state index in [0.717, 1.165) is 30.9 Å². The Labute approximate surface area is 100 Å². The number of hydrogen-bond donors (Lipinski definition) is 2. The lowest BCUT2D eigenvalue weighted by atomic mass is 10.1. The summed E-state index contributed by atoms with van der Waals surface area (Å²) in [6.45, 7) is 3.01. The summed E-state index contributed by atoms with van der Waals surface area (Å²) in [5.74, 6) is 1.09. The van der Waals surface area contributed by atoms with Crippen LogP contribution in [0.4, 0.5) is 0 Å². The van der Waals surface area contributed by atoms with Gasteiger partial charge in [-0.2, -0.15) is 15.4 Å². The summed E-state index contributed by atoms with van der Waals surface area (Å²) in [6.07, 6.45) is 7.45. The molecule has 0 spiro atoms. The van der Waals surface area contributed by atoms with Crippen molar-refractivity contribution in [2.24, 2.45) is 7.05 Å². The molecule has 0 aliphatic carbocycles. The van der Waals surface area contributed by atoms with Crippen molar-refractivity contribution in [1.29, 1.82) is 0 Å². The first-order valence-corrected chi connectivity index (χ1v) is 5.86. The van der Waals surface area contributed by atoms with Crippen LogP contribution in [0.3, 0.4) is 0 Å². The van der Waals surface area contributed by atoms with Crippen molar-refractivity contribution < 1.29 is 0 Å². The van der Waals surface area contributed by atoms with E-state index in [2.05, 4.69) is 32.6 Å². The molecule has 1 atom stereocenters. The van der Waals surface area contributed by atoms with Crippen LogP contribution in [0, 0.1) is 0 Å². The molecule has 2 rings (SSSR count). The maximum Gasteiger partial charge on any atom is 0.108 e. The molecule has 0 aliphatic heterocycles. The second-order valence-electron chi connectivity index (χ2n) is 4.00. The predicted molar refractivity (Wildman–Crippen MR) is 64.3 cm³/mol. The minimum atomic E-state index is 0.232. The number of aryl methyl sites for hydroxylation is 2. The van der Waals surface area contributed by atoms with Crippen molar-refractivity contribution in [3.8, 4) is 0 Å². The van der Waals surface area contributed by atoms with Gasteiger partial charge in [0.05, 0.1) is 17.9 Å². The maximum absolute atomic E-state index is 4.32. The van der Waals surface area contributed by atoms with Gasteiger partial charge in [-0.3, -0.25) is 0 Å². The summed E-state index contributed by atoms with van der Waals surface area (Å²) in [4.78, 5) is 4.32. The van der Waals surface area contributed by atoms with Crippen molar-refractivity contribution in [2.75, 3.05) is 6.54 Å². The molecule has 2 aromatic heterocycles. The lowest BCUT2D eigenvalue weighted by Crippen LogP contribution is -2.22. The number of aromatic nitrogens is 5. The molecule has 0 fully saturated rings. The third-order valence-electron chi connectivity index (χ3n) is 2.82. The van der Waals surface area contributed by atoms with E-state index in [0.29, 0.717) is 0 Å². The number of aromatic amines is 1. The van der Waals surface area contributed by atoms with Gasteiger partial charge in [0, 0.05) is 25.9 Å². The molecule has 0 radical (unpaired) electrons. The Morgan fingerprint density at radius 1 is 1.53 bits per heavy atom. The first-order valence-electron chi connectivity index (χ1n) is 5.86. The summed E-state index contributed by atoms with van der Waals surface area (Å²) in [6, 6.07) is 0.232. The number of nitrogens with one attached hydrogen (secondary N) is 2. The zero-order valence-electron chi connectivity index (χ0n) is 10.2.